The highest BCUT2D eigenvalue weighted by Crippen LogP contribution is 2.38. The van der Waals surface area contributed by atoms with Gasteiger partial charge in [0.25, 0.3) is 0 Å². The number of anilines is 1. The van der Waals surface area contributed by atoms with Crippen molar-refractivity contribution in [3.63, 3.8) is 0 Å². The molecule has 1 unspecified atom stereocenters. The standard InChI is InChI=1S/C19H15BrFN3O2S2/c20-19-10-9-18(27-19)16-11-17(12-1-3-13(21)4-2-12)24(23-16)14-5-7-15(8-6-14)28(22,25)26/h1-10,17H,11H2,(H2,22,25,26). The highest BCUT2D eigenvalue weighted by atomic mass is 79.9. The van der Waals surface area contributed by atoms with E-state index in [9.17, 15) is 12.8 Å². The van der Waals surface area contributed by atoms with E-state index in [-0.39, 0.29) is 16.8 Å². The summed E-state index contributed by atoms with van der Waals surface area (Å²) in [6.45, 7) is 0. The summed E-state index contributed by atoms with van der Waals surface area (Å²) in [5.41, 5.74) is 2.57. The first-order valence-electron chi connectivity index (χ1n) is 8.32. The molecule has 0 saturated carbocycles. The van der Waals surface area contributed by atoms with E-state index in [0.717, 1.165) is 25.6 Å². The van der Waals surface area contributed by atoms with Crippen LogP contribution in [-0.4, -0.2) is 14.1 Å². The molecule has 1 aromatic heterocycles. The number of hydrogen-bond acceptors (Lipinski definition) is 5. The smallest absolute Gasteiger partial charge is 0.238 e. The van der Waals surface area contributed by atoms with E-state index in [0.29, 0.717) is 6.42 Å². The van der Waals surface area contributed by atoms with E-state index in [1.54, 1.807) is 35.6 Å². The van der Waals surface area contributed by atoms with Gasteiger partial charge in [-0.1, -0.05) is 12.1 Å². The van der Waals surface area contributed by atoms with Crippen LogP contribution in [0.25, 0.3) is 0 Å². The molecule has 144 valence electrons. The van der Waals surface area contributed by atoms with Crippen LogP contribution < -0.4 is 10.1 Å². The predicted octanol–water partition coefficient (Wildman–Crippen LogP) is 4.65. The maximum Gasteiger partial charge on any atom is 0.238 e. The highest BCUT2D eigenvalue weighted by Gasteiger charge is 2.30. The van der Waals surface area contributed by atoms with E-state index < -0.39 is 10.0 Å². The van der Waals surface area contributed by atoms with Gasteiger partial charge in [-0.05, 0) is 70.0 Å². The van der Waals surface area contributed by atoms with Gasteiger partial charge in [0.15, 0.2) is 0 Å². The minimum Gasteiger partial charge on any atom is -0.257 e. The average molecular weight is 480 g/mol. The first kappa shape index (κ1) is 19.3. The van der Waals surface area contributed by atoms with Gasteiger partial charge in [-0.2, -0.15) is 5.10 Å². The van der Waals surface area contributed by atoms with Crippen molar-refractivity contribution in [3.05, 3.63) is 80.7 Å². The number of halogens is 2. The molecule has 1 aliphatic rings. The average Bonchev–Trinajstić information content (AvgIpc) is 3.28. The van der Waals surface area contributed by atoms with Crippen molar-refractivity contribution in [2.45, 2.75) is 17.4 Å². The molecule has 3 aromatic rings. The summed E-state index contributed by atoms with van der Waals surface area (Å²) in [7, 11) is -3.76. The van der Waals surface area contributed by atoms with Gasteiger partial charge in [0.1, 0.15) is 5.82 Å². The number of nitrogens with two attached hydrogens (primary N) is 1. The molecule has 0 spiro atoms. The summed E-state index contributed by atoms with van der Waals surface area (Å²) >= 11 is 5.06. The summed E-state index contributed by atoms with van der Waals surface area (Å²) in [4.78, 5) is 1.09. The van der Waals surface area contributed by atoms with Gasteiger partial charge in [0, 0.05) is 6.42 Å². The third-order valence-corrected chi connectivity index (χ3v) is 7.05. The number of hydrogen-bond donors (Lipinski definition) is 1. The van der Waals surface area contributed by atoms with Gasteiger partial charge < -0.3 is 0 Å². The zero-order valence-corrected chi connectivity index (χ0v) is 17.6. The topological polar surface area (TPSA) is 75.8 Å². The summed E-state index contributed by atoms with van der Waals surface area (Å²) in [6.07, 6.45) is 0.648. The molecule has 2 heterocycles. The molecule has 28 heavy (non-hydrogen) atoms. The van der Waals surface area contributed by atoms with Gasteiger partial charge in [-0.15, -0.1) is 11.3 Å². The molecule has 0 bridgehead atoms. The van der Waals surface area contributed by atoms with Crippen molar-refractivity contribution >= 4 is 48.7 Å². The van der Waals surface area contributed by atoms with E-state index >= 15 is 0 Å². The number of primary sulfonamides is 1. The van der Waals surface area contributed by atoms with Crippen LogP contribution in [0.4, 0.5) is 10.1 Å². The second kappa shape index (κ2) is 7.40. The summed E-state index contributed by atoms with van der Waals surface area (Å²) in [5.74, 6) is -0.297. The van der Waals surface area contributed by atoms with Crippen molar-refractivity contribution in [3.8, 4) is 0 Å². The lowest BCUT2D eigenvalue weighted by Crippen LogP contribution is -2.19. The van der Waals surface area contributed by atoms with E-state index in [1.165, 1.54) is 24.3 Å². The first-order chi connectivity index (χ1) is 13.3. The van der Waals surface area contributed by atoms with Crippen LogP contribution in [0.1, 0.15) is 22.9 Å². The van der Waals surface area contributed by atoms with Crippen LogP contribution in [0, 0.1) is 5.82 Å². The number of hydrazone groups is 1. The van der Waals surface area contributed by atoms with Crippen LogP contribution in [-0.2, 0) is 10.0 Å². The summed E-state index contributed by atoms with van der Waals surface area (Å²) < 4.78 is 37.4. The Morgan fingerprint density at radius 3 is 2.32 bits per heavy atom. The molecule has 4 rings (SSSR count). The Balaban J connectivity index is 1.74. The van der Waals surface area contributed by atoms with Gasteiger partial charge in [0.05, 0.1) is 31.0 Å². The largest absolute Gasteiger partial charge is 0.257 e. The quantitative estimate of drug-likeness (QED) is 0.591. The molecule has 9 heteroatoms. The lowest BCUT2D eigenvalue weighted by atomic mass is 10.0. The molecule has 1 atom stereocenters. The second-order valence-electron chi connectivity index (χ2n) is 6.31. The Bertz CT molecular complexity index is 1140. The molecule has 0 saturated heterocycles. The fourth-order valence-electron chi connectivity index (χ4n) is 3.10. The van der Waals surface area contributed by atoms with Gasteiger partial charge in [0.2, 0.25) is 10.0 Å². The van der Waals surface area contributed by atoms with Gasteiger partial charge >= 0.3 is 0 Å². The van der Waals surface area contributed by atoms with Crippen molar-refractivity contribution in [2.75, 3.05) is 5.01 Å². The fraction of sp³-hybridized carbons (Fsp3) is 0.105. The number of thiophene rings is 1. The predicted molar refractivity (Wildman–Crippen MR) is 113 cm³/mol. The Kier molecular flexibility index (Phi) is 5.09. The molecule has 2 aromatic carbocycles. The van der Waals surface area contributed by atoms with Crippen molar-refractivity contribution in [1.29, 1.82) is 0 Å². The van der Waals surface area contributed by atoms with Gasteiger partial charge in [-0.3, -0.25) is 5.01 Å². The number of sulfonamides is 1. The normalized spacial score (nSPS) is 17.0. The minimum atomic E-state index is -3.76. The molecule has 0 radical (unpaired) electrons. The highest BCUT2D eigenvalue weighted by molar-refractivity contribution is 9.11. The molecule has 2 N–H and O–H groups in total. The monoisotopic (exact) mass is 479 g/mol. The van der Waals surface area contributed by atoms with Crippen molar-refractivity contribution < 1.29 is 12.8 Å². The zero-order valence-electron chi connectivity index (χ0n) is 14.4. The molecule has 0 aliphatic carbocycles. The number of benzene rings is 2. The number of nitrogens with zero attached hydrogens (tertiary/aromatic N) is 2. The molecular formula is C19H15BrFN3O2S2. The van der Waals surface area contributed by atoms with Crippen LogP contribution in [0.3, 0.4) is 0 Å². The van der Waals surface area contributed by atoms with E-state index in [1.807, 2.05) is 17.1 Å². The Hall–Kier alpha value is -2.07. The first-order valence-corrected chi connectivity index (χ1v) is 11.5. The minimum absolute atomic E-state index is 0.0418. The SMILES string of the molecule is NS(=O)(=O)c1ccc(N2N=C(c3ccc(Br)s3)CC2c2ccc(F)cc2)cc1. The van der Waals surface area contributed by atoms with Crippen molar-refractivity contribution in [2.24, 2.45) is 10.2 Å². The third kappa shape index (κ3) is 3.88. The van der Waals surface area contributed by atoms with E-state index in [4.69, 9.17) is 10.2 Å². The molecule has 0 fully saturated rings. The lowest BCUT2D eigenvalue weighted by Gasteiger charge is -2.24. The molecular weight excluding hydrogens is 465 g/mol. The second-order valence-corrected chi connectivity index (χ2v) is 10.3. The molecule has 5 nitrogen and oxygen atoms in total. The summed E-state index contributed by atoms with van der Waals surface area (Å²) in [6, 6.07) is 16.5. The fourth-order valence-corrected chi connectivity index (χ4v) is 4.99. The Morgan fingerprint density at radius 1 is 1.07 bits per heavy atom. The molecule has 0 amide bonds. The van der Waals surface area contributed by atoms with E-state index in [2.05, 4.69) is 15.9 Å². The van der Waals surface area contributed by atoms with Crippen molar-refractivity contribution in [1.82, 2.24) is 0 Å². The zero-order chi connectivity index (χ0) is 19.9. The maximum absolute atomic E-state index is 13.4. The maximum atomic E-state index is 13.4. The third-order valence-electron chi connectivity index (χ3n) is 4.45. The lowest BCUT2D eigenvalue weighted by molar-refractivity contribution is 0.597. The van der Waals surface area contributed by atoms with Gasteiger partial charge in [-0.25, -0.2) is 17.9 Å². The van der Waals surface area contributed by atoms with Crippen LogP contribution in [0.15, 0.2) is 74.4 Å². The Morgan fingerprint density at radius 2 is 1.75 bits per heavy atom. The summed E-state index contributed by atoms with van der Waals surface area (Å²) in [5, 5.41) is 11.8. The number of rotatable bonds is 4. The molecule has 1 aliphatic heterocycles. The van der Waals surface area contributed by atoms with Crippen LogP contribution >= 0.6 is 27.3 Å². The van der Waals surface area contributed by atoms with Crippen LogP contribution in [0.2, 0.25) is 0 Å². The Labute approximate surface area is 174 Å². The van der Waals surface area contributed by atoms with Crippen LogP contribution in [0.5, 0.6) is 0 Å².